The van der Waals surface area contributed by atoms with E-state index in [0.29, 0.717) is 30.8 Å². The highest BCUT2D eigenvalue weighted by molar-refractivity contribution is 5.89. The summed E-state index contributed by atoms with van der Waals surface area (Å²) in [6, 6.07) is 6.76. The number of ether oxygens (including phenoxy) is 4. The lowest BCUT2D eigenvalue weighted by Crippen LogP contribution is -2.30. The summed E-state index contributed by atoms with van der Waals surface area (Å²) in [5, 5.41) is 0. The van der Waals surface area contributed by atoms with Gasteiger partial charge in [0, 0.05) is 0 Å². The van der Waals surface area contributed by atoms with E-state index in [0.717, 1.165) is 12.8 Å². The zero-order valence-corrected chi connectivity index (χ0v) is 14.7. The molecule has 0 aliphatic carbocycles. The van der Waals surface area contributed by atoms with Crippen LogP contribution in [0.15, 0.2) is 24.3 Å². The Morgan fingerprint density at radius 2 is 1.75 bits per heavy atom. The molecule has 1 aromatic rings. The minimum absolute atomic E-state index is 0.374. The standard InChI is InChI=1S/C18H26O6/c1-18(2,3)24-16(13-19)23-12-6-5-11-22-15-9-7-14(8-10-15)17(20)21-4/h7-10,13,16H,5-6,11-12H2,1-4H3. The third-order valence-electron chi connectivity index (χ3n) is 2.95. The maximum Gasteiger partial charge on any atom is 0.337 e. The van der Waals surface area contributed by atoms with E-state index in [1.165, 1.54) is 7.11 Å². The van der Waals surface area contributed by atoms with Crippen molar-refractivity contribution in [2.24, 2.45) is 0 Å². The van der Waals surface area contributed by atoms with E-state index in [-0.39, 0.29) is 5.97 Å². The number of hydrogen-bond donors (Lipinski definition) is 0. The minimum atomic E-state index is -0.836. The van der Waals surface area contributed by atoms with Crippen molar-refractivity contribution >= 4 is 12.3 Å². The van der Waals surface area contributed by atoms with Crippen LogP contribution in [0.1, 0.15) is 44.0 Å². The summed E-state index contributed by atoms with van der Waals surface area (Å²) < 4.78 is 21.0. The molecule has 1 unspecified atom stereocenters. The van der Waals surface area contributed by atoms with Gasteiger partial charge in [-0.15, -0.1) is 0 Å². The molecule has 0 spiro atoms. The number of unbranched alkanes of at least 4 members (excludes halogenated alkanes) is 1. The fourth-order valence-corrected chi connectivity index (χ4v) is 1.85. The molecule has 0 saturated carbocycles. The van der Waals surface area contributed by atoms with Gasteiger partial charge in [0.25, 0.3) is 0 Å². The largest absolute Gasteiger partial charge is 0.494 e. The van der Waals surface area contributed by atoms with Crippen molar-refractivity contribution in [2.45, 2.75) is 45.5 Å². The number of aldehydes is 1. The molecule has 0 aromatic heterocycles. The van der Waals surface area contributed by atoms with Gasteiger partial charge in [-0.25, -0.2) is 4.79 Å². The van der Waals surface area contributed by atoms with Crippen LogP contribution in [0.25, 0.3) is 0 Å². The summed E-state index contributed by atoms with van der Waals surface area (Å²) in [5.41, 5.74) is 0.0578. The Kier molecular flexibility index (Phi) is 8.43. The molecule has 1 aromatic carbocycles. The molecular weight excluding hydrogens is 312 g/mol. The average molecular weight is 338 g/mol. The molecule has 0 aliphatic rings. The maximum atomic E-state index is 11.3. The van der Waals surface area contributed by atoms with E-state index < -0.39 is 11.9 Å². The van der Waals surface area contributed by atoms with Gasteiger partial charge in [0.2, 0.25) is 6.29 Å². The third kappa shape index (κ3) is 8.08. The van der Waals surface area contributed by atoms with Crippen molar-refractivity contribution in [3.63, 3.8) is 0 Å². The van der Waals surface area contributed by atoms with E-state index in [4.69, 9.17) is 14.2 Å². The van der Waals surface area contributed by atoms with Gasteiger partial charge in [-0.3, -0.25) is 4.79 Å². The normalized spacial score (nSPS) is 12.5. The first kappa shape index (κ1) is 20.1. The molecule has 1 rings (SSSR count). The van der Waals surface area contributed by atoms with Crippen molar-refractivity contribution in [1.82, 2.24) is 0 Å². The molecule has 134 valence electrons. The predicted molar refractivity (Wildman–Crippen MR) is 89.2 cm³/mol. The van der Waals surface area contributed by atoms with Crippen LogP contribution in [0.5, 0.6) is 5.75 Å². The maximum absolute atomic E-state index is 11.3. The second-order valence-electron chi connectivity index (χ2n) is 6.18. The van der Waals surface area contributed by atoms with Crippen LogP contribution in [-0.4, -0.2) is 44.5 Å². The SMILES string of the molecule is COC(=O)c1ccc(OCCCCOC(C=O)OC(C)(C)C)cc1. The number of methoxy groups -OCH3 is 1. The lowest BCUT2D eigenvalue weighted by molar-refractivity contribution is -0.189. The van der Waals surface area contributed by atoms with Gasteiger partial charge in [-0.1, -0.05) is 0 Å². The van der Waals surface area contributed by atoms with Crippen molar-refractivity contribution in [3.05, 3.63) is 29.8 Å². The molecule has 0 aliphatic heterocycles. The number of rotatable bonds is 10. The highest BCUT2D eigenvalue weighted by Crippen LogP contribution is 2.14. The molecular formula is C18H26O6. The van der Waals surface area contributed by atoms with Crippen LogP contribution in [0, 0.1) is 0 Å². The van der Waals surface area contributed by atoms with Gasteiger partial charge >= 0.3 is 5.97 Å². The fraction of sp³-hybridized carbons (Fsp3) is 0.556. The molecule has 0 N–H and O–H groups in total. The Balaban J connectivity index is 2.20. The highest BCUT2D eigenvalue weighted by Gasteiger charge is 2.18. The molecule has 0 bridgehead atoms. The van der Waals surface area contributed by atoms with Gasteiger partial charge in [-0.2, -0.15) is 0 Å². The number of carbonyl (C=O) groups is 2. The minimum Gasteiger partial charge on any atom is -0.494 e. The van der Waals surface area contributed by atoms with Crippen LogP contribution in [-0.2, 0) is 19.0 Å². The Hall–Kier alpha value is -1.92. The number of hydrogen-bond acceptors (Lipinski definition) is 6. The molecule has 0 amide bonds. The molecule has 1 atom stereocenters. The van der Waals surface area contributed by atoms with Gasteiger partial charge in [0.05, 0.1) is 31.5 Å². The molecule has 6 nitrogen and oxygen atoms in total. The van der Waals surface area contributed by atoms with Crippen molar-refractivity contribution in [2.75, 3.05) is 20.3 Å². The summed E-state index contributed by atoms with van der Waals surface area (Å²) in [4.78, 5) is 22.2. The van der Waals surface area contributed by atoms with E-state index in [2.05, 4.69) is 4.74 Å². The monoisotopic (exact) mass is 338 g/mol. The summed E-state index contributed by atoms with van der Waals surface area (Å²) in [6.07, 6.45) is 1.35. The Labute approximate surface area is 143 Å². The summed E-state index contributed by atoms with van der Waals surface area (Å²) in [5.74, 6) is 0.311. The first-order chi connectivity index (χ1) is 11.4. The van der Waals surface area contributed by atoms with E-state index in [1.54, 1.807) is 24.3 Å². The number of benzene rings is 1. The first-order valence-electron chi connectivity index (χ1n) is 7.91. The zero-order chi connectivity index (χ0) is 18.0. The lowest BCUT2D eigenvalue weighted by Gasteiger charge is -2.24. The predicted octanol–water partition coefficient (Wildman–Crippen LogP) is 2.99. The molecule has 0 saturated heterocycles. The second kappa shape index (κ2) is 10.1. The van der Waals surface area contributed by atoms with Gasteiger partial charge in [0.15, 0.2) is 6.29 Å². The van der Waals surface area contributed by atoms with Gasteiger partial charge in [-0.05, 0) is 57.9 Å². The highest BCUT2D eigenvalue weighted by atomic mass is 16.7. The molecule has 6 heteroatoms. The Morgan fingerprint density at radius 3 is 2.29 bits per heavy atom. The third-order valence-corrected chi connectivity index (χ3v) is 2.95. The van der Waals surface area contributed by atoms with E-state index >= 15 is 0 Å². The molecule has 24 heavy (non-hydrogen) atoms. The summed E-state index contributed by atoms with van der Waals surface area (Å²) >= 11 is 0. The van der Waals surface area contributed by atoms with E-state index in [9.17, 15) is 9.59 Å². The number of esters is 1. The van der Waals surface area contributed by atoms with Crippen LogP contribution in [0.2, 0.25) is 0 Å². The molecule has 0 radical (unpaired) electrons. The number of carbonyl (C=O) groups excluding carboxylic acids is 2. The zero-order valence-electron chi connectivity index (χ0n) is 14.7. The van der Waals surface area contributed by atoms with Crippen LogP contribution < -0.4 is 4.74 Å². The molecule has 0 heterocycles. The quantitative estimate of drug-likeness (QED) is 0.283. The topological polar surface area (TPSA) is 71.1 Å². The van der Waals surface area contributed by atoms with Crippen LogP contribution >= 0.6 is 0 Å². The lowest BCUT2D eigenvalue weighted by atomic mass is 10.2. The Bertz CT molecular complexity index is 503. The second-order valence-corrected chi connectivity index (χ2v) is 6.18. The summed E-state index contributed by atoms with van der Waals surface area (Å²) in [7, 11) is 1.34. The van der Waals surface area contributed by atoms with Gasteiger partial charge in [0.1, 0.15) is 5.75 Å². The first-order valence-corrected chi connectivity index (χ1v) is 7.91. The van der Waals surface area contributed by atoms with Crippen LogP contribution in [0.3, 0.4) is 0 Å². The average Bonchev–Trinajstić information content (AvgIpc) is 2.55. The van der Waals surface area contributed by atoms with Crippen molar-refractivity contribution in [1.29, 1.82) is 0 Å². The van der Waals surface area contributed by atoms with Crippen molar-refractivity contribution in [3.8, 4) is 5.75 Å². The van der Waals surface area contributed by atoms with Crippen LogP contribution in [0.4, 0.5) is 0 Å². The van der Waals surface area contributed by atoms with Crippen molar-refractivity contribution < 1.29 is 28.5 Å². The van der Waals surface area contributed by atoms with Gasteiger partial charge < -0.3 is 18.9 Å². The van der Waals surface area contributed by atoms with E-state index in [1.807, 2.05) is 20.8 Å². The summed E-state index contributed by atoms with van der Waals surface area (Å²) in [6.45, 7) is 6.54. The molecule has 0 fully saturated rings. The Morgan fingerprint density at radius 1 is 1.12 bits per heavy atom. The smallest absolute Gasteiger partial charge is 0.337 e. The fourth-order valence-electron chi connectivity index (χ4n) is 1.85.